The molecule has 1 rings (SSSR count). The van der Waals surface area contributed by atoms with Gasteiger partial charge in [-0.05, 0) is 21.0 Å². The monoisotopic (exact) mass is 241 g/mol. The summed E-state index contributed by atoms with van der Waals surface area (Å²) in [6.45, 7) is 4.98. The molecule has 0 bridgehead atoms. The van der Waals surface area contributed by atoms with E-state index in [9.17, 15) is 0 Å². The van der Waals surface area contributed by atoms with Crippen LogP contribution in [0.1, 0.15) is 5.69 Å². The summed E-state index contributed by atoms with van der Waals surface area (Å²) in [7, 11) is 5.93. The summed E-state index contributed by atoms with van der Waals surface area (Å²) in [5.74, 6) is 0.860. The van der Waals surface area contributed by atoms with Crippen molar-refractivity contribution in [3.63, 3.8) is 0 Å². The van der Waals surface area contributed by atoms with Gasteiger partial charge in [-0.2, -0.15) is 5.10 Å². The second kappa shape index (κ2) is 6.46. The lowest BCUT2D eigenvalue weighted by Crippen LogP contribution is -2.20. The number of ether oxygens (including phenoxy) is 1. The normalized spacial score (nSPS) is 11.1. The van der Waals surface area contributed by atoms with Gasteiger partial charge in [0.05, 0.1) is 24.6 Å². The van der Waals surface area contributed by atoms with E-state index in [1.165, 1.54) is 0 Å². The highest BCUT2D eigenvalue weighted by atomic mass is 16.5. The largest absolute Gasteiger partial charge is 0.394 e. The highest BCUT2D eigenvalue weighted by molar-refractivity contribution is 5.64. The lowest BCUT2D eigenvalue weighted by molar-refractivity contribution is 0.126. The average molecular weight is 241 g/mol. The van der Waals surface area contributed by atoms with Gasteiger partial charge in [-0.15, -0.1) is 0 Å². The number of nitrogens with zero attached hydrogens (tertiary/aromatic N) is 3. The van der Waals surface area contributed by atoms with Gasteiger partial charge < -0.3 is 20.7 Å². The zero-order valence-corrected chi connectivity index (χ0v) is 11.2. The Bertz CT molecular complexity index is 348. The van der Waals surface area contributed by atoms with E-state index in [0.717, 1.165) is 31.2 Å². The van der Waals surface area contributed by atoms with Gasteiger partial charge >= 0.3 is 0 Å². The lowest BCUT2D eigenvalue weighted by atomic mass is 10.4. The van der Waals surface area contributed by atoms with Gasteiger partial charge in [-0.1, -0.05) is 0 Å². The molecule has 0 spiro atoms. The van der Waals surface area contributed by atoms with Crippen LogP contribution in [0.5, 0.6) is 0 Å². The highest BCUT2D eigenvalue weighted by Gasteiger charge is 2.08. The van der Waals surface area contributed by atoms with Crippen LogP contribution in [-0.2, 0) is 11.8 Å². The van der Waals surface area contributed by atoms with Crippen LogP contribution in [0.2, 0.25) is 0 Å². The van der Waals surface area contributed by atoms with Crippen LogP contribution in [0.4, 0.5) is 11.5 Å². The first-order valence-corrected chi connectivity index (χ1v) is 5.77. The predicted molar refractivity (Wildman–Crippen MR) is 70.2 cm³/mol. The second-order valence-corrected chi connectivity index (χ2v) is 4.31. The van der Waals surface area contributed by atoms with Gasteiger partial charge in [0.15, 0.2) is 0 Å². The first-order chi connectivity index (χ1) is 8.02. The zero-order valence-electron chi connectivity index (χ0n) is 11.2. The Labute approximate surface area is 103 Å². The van der Waals surface area contributed by atoms with E-state index in [4.69, 9.17) is 10.5 Å². The Morgan fingerprint density at radius 3 is 2.65 bits per heavy atom. The summed E-state index contributed by atoms with van der Waals surface area (Å²) in [6, 6.07) is 0. The standard InChI is InChI=1S/C11H23N5O/c1-9-10(12)11(16(4)14-9)13-5-7-17-8-6-15(2)3/h13H,5-8,12H2,1-4H3. The van der Waals surface area contributed by atoms with Crippen molar-refractivity contribution in [1.29, 1.82) is 0 Å². The van der Waals surface area contributed by atoms with Crippen molar-refractivity contribution in [3.05, 3.63) is 5.69 Å². The molecule has 6 nitrogen and oxygen atoms in total. The molecule has 98 valence electrons. The predicted octanol–water partition coefficient (Wildman–Crippen LogP) is 0.301. The maximum Gasteiger partial charge on any atom is 0.147 e. The number of hydrogen-bond donors (Lipinski definition) is 2. The van der Waals surface area contributed by atoms with Crippen molar-refractivity contribution in [1.82, 2.24) is 14.7 Å². The molecule has 0 saturated carbocycles. The van der Waals surface area contributed by atoms with E-state index in [1.54, 1.807) is 4.68 Å². The van der Waals surface area contributed by atoms with Crippen molar-refractivity contribution < 1.29 is 4.74 Å². The van der Waals surface area contributed by atoms with E-state index < -0.39 is 0 Å². The molecule has 0 radical (unpaired) electrons. The summed E-state index contributed by atoms with van der Waals surface area (Å²) in [5, 5.41) is 7.46. The molecule has 0 fully saturated rings. The Morgan fingerprint density at radius 1 is 1.41 bits per heavy atom. The Hall–Kier alpha value is -1.27. The van der Waals surface area contributed by atoms with E-state index >= 15 is 0 Å². The highest BCUT2D eigenvalue weighted by Crippen LogP contribution is 2.20. The van der Waals surface area contributed by atoms with Crippen molar-refractivity contribution in [2.75, 3.05) is 51.4 Å². The third kappa shape index (κ3) is 4.24. The molecule has 1 heterocycles. The molecule has 1 aromatic rings. The first kappa shape index (κ1) is 13.8. The van der Waals surface area contributed by atoms with E-state index in [-0.39, 0.29) is 0 Å². The van der Waals surface area contributed by atoms with Gasteiger partial charge in [0.25, 0.3) is 0 Å². The van der Waals surface area contributed by atoms with Crippen LogP contribution in [0.25, 0.3) is 0 Å². The quantitative estimate of drug-likeness (QED) is 0.672. The first-order valence-electron chi connectivity index (χ1n) is 5.77. The van der Waals surface area contributed by atoms with Crippen LogP contribution in [0, 0.1) is 6.92 Å². The van der Waals surface area contributed by atoms with Crippen molar-refractivity contribution in [2.24, 2.45) is 7.05 Å². The van der Waals surface area contributed by atoms with Gasteiger partial charge in [-0.25, -0.2) is 0 Å². The second-order valence-electron chi connectivity index (χ2n) is 4.31. The number of nitrogens with two attached hydrogens (primary N) is 1. The van der Waals surface area contributed by atoms with Gasteiger partial charge in [0.1, 0.15) is 5.82 Å². The molecular weight excluding hydrogens is 218 g/mol. The maximum absolute atomic E-state index is 5.89. The number of likely N-dealkylation sites (N-methyl/N-ethyl adjacent to an activating group) is 1. The van der Waals surface area contributed by atoms with Crippen molar-refractivity contribution in [2.45, 2.75) is 6.92 Å². The van der Waals surface area contributed by atoms with E-state index in [2.05, 4.69) is 15.3 Å². The summed E-state index contributed by atoms with van der Waals surface area (Å²) >= 11 is 0. The molecular formula is C11H23N5O. The van der Waals surface area contributed by atoms with E-state index in [0.29, 0.717) is 12.3 Å². The number of aryl methyl sites for hydroxylation is 2. The molecule has 0 aromatic carbocycles. The number of nitrogen functional groups attached to an aromatic ring is 1. The molecule has 3 N–H and O–H groups in total. The minimum Gasteiger partial charge on any atom is -0.394 e. The molecule has 0 aliphatic heterocycles. The Morgan fingerprint density at radius 2 is 2.12 bits per heavy atom. The molecule has 17 heavy (non-hydrogen) atoms. The van der Waals surface area contributed by atoms with Crippen LogP contribution in [0.15, 0.2) is 0 Å². The number of nitrogens with one attached hydrogen (secondary N) is 1. The third-order valence-corrected chi connectivity index (χ3v) is 2.49. The van der Waals surface area contributed by atoms with E-state index in [1.807, 2.05) is 28.1 Å². The summed E-state index contributed by atoms with van der Waals surface area (Å²) in [6.07, 6.45) is 0. The Kier molecular flexibility index (Phi) is 5.24. The molecule has 0 amide bonds. The van der Waals surface area contributed by atoms with Crippen molar-refractivity contribution >= 4 is 11.5 Å². The minimum absolute atomic E-state index is 0.664. The van der Waals surface area contributed by atoms with Gasteiger partial charge in [-0.3, -0.25) is 4.68 Å². The topological polar surface area (TPSA) is 68.3 Å². The van der Waals surface area contributed by atoms with Crippen molar-refractivity contribution in [3.8, 4) is 0 Å². The van der Waals surface area contributed by atoms with Crippen LogP contribution in [-0.4, -0.2) is 55.1 Å². The number of hydrogen-bond acceptors (Lipinski definition) is 5. The third-order valence-electron chi connectivity index (χ3n) is 2.49. The van der Waals surface area contributed by atoms with Crippen LogP contribution < -0.4 is 11.1 Å². The molecule has 1 aromatic heterocycles. The molecule has 0 saturated heterocycles. The summed E-state index contributed by atoms with van der Waals surface area (Å²) in [5.41, 5.74) is 7.45. The Balaban J connectivity index is 2.22. The molecule has 6 heteroatoms. The molecule has 0 aliphatic carbocycles. The summed E-state index contributed by atoms with van der Waals surface area (Å²) < 4.78 is 7.23. The van der Waals surface area contributed by atoms with Crippen LogP contribution >= 0.6 is 0 Å². The zero-order chi connectivity index (χ0) is 12.8. The number of anilines is 2. The minimum atomic E-state index is 0.664. The fraction of sp³-hybridized carbons (Fsp3) is 0.727. The fourth-order valence-corrected chi connectivity index (χ4v) is 1.47. The SMILES string of the molecule is Cc1nn(C)c(NCCOCCN(C)C)c1N. The number of rotatable bonds is 7. The summed E-state index contributed by atoms with van der Waals surface area (Å²) in [4.78, 5) is 2.09. The number of aromatic nitrogens is 2. The van der Waals surface area contributed by atoms with Gasteiger partial charge in [0.2, 0.25) is 0 Å². The smallest absolute Gasteiger partial charge is 0.147 e. The molecule has 0 atom stereocenters. The lowest BCUT2D eigenvalue weighted by Gasteiger charge is -2.11. The van der Waals surface area contributed by atoms with Gasteiger partial charge in [0, 0.05) is 20.1 Å². The molecule has 0 aliphatic rings. The van der Waals surface area contributed by atoms with Crippen LogP contribution in [0.3, 0.4) is 0 Å². The maximum atomic E-state index is 5.89. The molecule has 0 unspecified atom stereocenters. The fourth-order valence-electron chi connectivity index (χ4n) is 1.47. The average Bonchev–Trinajstić information content (AvgIpc) is 2.48.